The Kier molecular flexibility index (Phi) is 7.20. The van der Waals surface area contributed by atoms with Crippen molar-refractivity contribution in [2.24, 2.45) is 0 Å². The van der Waals surface area contributed by atoms with E-state index >= 15 is 0 Å². The quantitative estimate of drug-likeness (QED) is 0.404. The SMILES string of the molecule is CCCCCCCOc1ccc(Cc2nc(-c3ccncc3)cs2)cc1. The molecule has 0 amide bonds. The molecule has 0 aliphatic heterocycles. The summed E-state index contributed by atoms with van der Waals surface area (Å²) in [5, 5.41) is 3.24. The van der Waals surface area contributed by atoms with Crippen LogP contribution in [0.25, 0.3) is 11.3 Å². The van der Waals surface area contributed by atoms with E-state index in [0.717, 1.165) is 41.5 Å². The third kappa shape index (κ3) is 5.67. The number of ether oxygens (including phenoxy) is 1. The van der Waals surface area contributed by atoms with Gasteiger partial charge in [-0.15, -0.1) is 11.3 Å². The van der Waals surface area contributed by atoms with Gasteiger partial charge in [-0.25, -0.2) is 4.98 Å². The fourth-order valence-corrected chi connectivity index (χ4v) is 3.66. The van der Waals surface area contributed by atoms with E-state index < -0.39 is 0 Å². The Morgan fingerprint density at radius 3 is 2.46 bits per heavy atom. The highest BCUT2D eigenvalue weighted by Crippen LogP contribution is 2.23. The molecule has 1 aromatic carbocycles. The molecule has 0 saturated carbocycles. The van der Waals surface area contributed by atoms with Crippen LogP contribution in [0.15, 0.2) is 54.2 Å². The number of unbranched alkanes of at least 4 members (excludes halogenated alkanes) is 4. The van der Waals surface area contributed by atoms with E-state index in [1.54, 1.807) is 23.7 Å². The molecule has 3 aromatic rings. The summed E-state index contributed by atoms with van der Waals surface area (Å²) >= 11 is 1.70. The number of hydrogen-bond acceptors (Lipinski definition) is 4. The van der Waals surface area contributed by atoms with E-state index in [1.807, 2.05) is 12.1 Å². The molecule has 0 fully saturated rings. The van der Waals surface area contributed by atoms with E-state index in [1.165, 1.54) is 31.2 Å². The highest BCUT2D eigenvalue weighted by molar-refractivity contribution is 7.10. The normalized spacial score (nSPS) is 10.8. The molecule has 4 heteroatoms. The summed E-state index contributed by atoms with van der Waals surface area (Å²) in [6.45, 7) is 3.05. The van der Waals surface area contributed by atoms with Crippen molar-refractivity contribution in [3.8, 4) is 17.0 Å². The lowest BCUT2D eigenvalue weighted by Crippen LogP contribution is -1.97. The zero-order valence-corrected chi connectivity index (χ0v) is 16.2. The summed E-state index contributed by atoms with van der Waals surface area (Å²) in [4.78, 5) is 8.80. The first-order chi connectivity index (χ1) is 12.8. The predicted molar refractivity (Wildman–Crippen MR) is 109 cm³/mol. The topological polar surface area (TPSA) is 35.0 Å². The molecule has 0 N–H and O–H groups in total. The van der Waals surface area contributed by atoms with Gasteiger partial charge in [-0.1, -0.05) is 44.7 Å². The van der Waals surface area contributed by atoms with E-state index in [2.05, 4.69) is 41.6 Å². The van der Waals surface area contributed by atoms with Gasteiger partial charge in [0.1, 0.15) is 5.75 Å². The summed E-state index contributed by atoms with van der Waals surface area (Å²) in [7, 11) is 0. The number of thiazole rings is 1. The Bertz CT molecular complexity index is 768. The highest BCUT2D eigenvalue weighted by Gasteiger charge is 2.05. The second-order valence-corrected chi connectivity index (χ2v) is 7.39. The number of aromatic nitrogens is 2. The third-order valence-electron chi connectivity index (χ3n) is 4.32. The van der Waals surface area contributed by atoms with Crippen LogP contribution < -0.4 is 4.74 Å². The molecule has 3 nitrogen and oxygen atoms in total. The lowest BCUT2D eigenvalue weighted by Gasteiger charge is -2.07. The molecule has 3 rings (SSSR count). The van der Waals surface area contributed by atoms with Gasteiger partial charge in [0, 0.05) is 29.8 Å². The van der Waals surface area contributed by atoms with Crippen molar-refractivity contribution in [1.82, 2.24) is 9.97 Å². The average molecular weight is 367 g/mol. The van der Waals surface area contributed by atoms with Crippen molar-refractivity contribution in [3.05, 3.63) is 64.7 Å². The van der Waals surface area contributed by atoms with Gasteiger partial charge in [0.25, 0.3) is 0 Å². The minimum Gasteiger partial charge on any atom is -0.494 e. The molecule has 0 unspecified atom stereocenters. The third-order valence-corrected chi connectivity index (χ3v) is 5.17. The molecule has 2 aromatic heterocycles. The number of hydrogen-bond donors (Lipinski definition) is 0. The van der Waals surface area contributed by atoms with Crippen LogP contribution in [0.4, 0.5) is 0 Å². The molecule has 0 spiro atoms. The summed E-state index contributed by atoms with van der Waals surface area (Å²) in [5.41, 5.74) is 3.40. The van der Waals surface area contributed by atoms with Gasteiger partial charge >= 0.3 is 0 Å². The van der Waals surface area contributed by atoms with Crippen molar-refractivity contribution in [2.45, 2.75) is 45.4 Å². The predicted octanol–water partition coefficient (Wildman–Crippen LogP) is 6.15. The van der Waals surface area contributed by atoms with E-state index in [4.69, 9.17) is 9.72 Å². The van der Waals surface area contributed by atoms with Crippen LogP contribution in [0, 0.1) is 0 Å². The zero-order valence-electron chi connectivity index (χ0n) is 15.4. The Morgan fingerprint density at radius 1 is 0.923 bits per heavy atom. The minimum atomic E-state index is 0.810. The number of rotatable bonds is 10. The van der Waals surface area contributed by atoms with E-state index in [0.29, 0.717) is 0 Å². The maximum absolute atomic E-state index is 5.83. The molecule has 136 valence electrons. The Hall–Kier alpha value is -2.20. The van der Waals surface area contributed by atoms with Crippen LogP contribution in [0.1, 0.15) is 49.6 Å². The maximum atomic E-state index is 5.83. The standard InChI is InChI=1S/C22H26N2OS/c1-2-3-4-5-6-15-25-20-9-7-18(8-10-20)16-22-24-21(17-26-22)19-11-13-23-14-12-19/h7-14,17H,2-6,15-16H2,1H3. The maximum Gasteiger partial charge on any atom is 0.119 e. The van der Waals surface area contributed by atoms with Crippen LogP contribution in [0.5, 0.6) is 5.75 Å². The molecule has 0 atom stereocenters. The van der Waals surface area contributed by atoms with Crippen LogP contribution in [0.3, 0.4) is 0 Å². The van der Waals surface area contributed by atoms with Gasteiger partial charge in [0.15, 0.2) is 0 Å². The summed E-state index contributed by atoms with van der Waals surface area (Å²) in [6, 6.07) is 12.4. The van der Waals surface area contributed by atoms with Crippen molar-refractivity contribution in [1.29, 1.82) is 0 Å². The lowest BCUT2D eigenvalue weighted by atomic mass is 10.1. The molecule has 0 aliphatic carbocycles. The second-order valence-electron chi connectivity index (χ2n) is 6.45. The smallest absolute Gasteiger partial charge is 0.119 e. The molecular weight excluding hydrogens is 340 g/mol. The number of benzene rings is 1. The molecule has 0 aliphatic rings. The summed E-state index contributed by atoms with van der Waals surface area (Å²) in [5.74, 6) is 0.959. The van der Waals surface area contributed by atoms with E-state index in [9.17, 15) is 0 Å². The lowest BCUT2D eigenvalue weighted by molar-refractivity contribution is 0.304. The molecule has 26 heavy (non-hydrogen) atoms. The van der Waals surface area contributed by atoms with Gasteiger partial charge in [0.05, 0.1) is 17.3 Å². The molecule has 0 radical (unpaired) electrons. The molecule has 2 heterocycles. The van der Waals surface area contributed by atoms with Crippen molar-refractivity contribution < 1.29 is 4.74 Å². The fraction of sp³-hybridized carbons (Fsp3) is 0.364. The van der Waals surface area contributed by atoms with Crippen molar-refractivity contribution >= 4 is 11.3 Å². The molecular formula is C22H26N2OS. The monoisotopic (exact) mass is 366 g/mol. The van der Waals surface area contributed by atoms with Crippen LogP contribution in [-0.2, 0) is 6.42 Å². The van der Waals surface area contributed by atoms with Crippen LogP contribution in [0.2, 0.25) is 0 Å². The zero-order chi connectivity index (χ0) is 18.0. The summed E-state index contributed by atoms with van der Waals surface area (Å²) < 4.78 is 5.83. The minimum absolute atomic E-state index is 0.810. The van der Waals surface area contributed by atoms with Gasteiger partial charge in [-0.2, -0.15) is 0 Å². The summed E-state index contributed by atoms with van der Waals surface area (Å²) in [6.07, 6.45) is 10.8. The van der Waals surface area contributed by atoms with Crippen LogP contribution in [-0.4, -0.2) is 16.6 Å². The largest absolute Gasteiger partial charge is 0.494 e. The van der Waals surface area contributed by atoms with Gasteiger partial charge in [0.2, 0.25) is 0 Å². The first-order valence-electron chi connectivity index (χ1n) is 9.41. The average Bonchev–Trinajstić information content (AvgIpc) is 3.15. The first kappa shape index (κ1) is 18.6. The first-order valence-corrected chi connectivity index (χ1v) is 10.3. The van der Waals surface area contributed by atoms with E-state index in [-0.39, 0.29) is 0 Å². The highest BCUT2D eigenvalue weighted by atomic mass is 32.1. The van der Waals surface area contributed by atoms with Crippen molar-refractivity contribution in [2.75, 3.05) is 6.61 Å². The van der Waals surface area contributed by atoms with Crippen molar-refractivity contribution in [3.63, 3.8) is 0 Å². The Labute approximate surface area is 160 Å². The number of pyridine rings is 1. The fourth-order valence-electron chi connectivity index (χ4n) is 2.82. The van der Waals surface area contributed by atoms with Crippen LogP contribution >= 0.6 is 11.3 Å². The molecule has 0 saturated heterocycles. The van der Waals surface area contributed by atoms with Gasteiger partial charge in [-0.05, 0) is 36.2 Å². The van der Waals surface area contributed by atoms with Gasteiger partial charge < -0.3 is 4.74 Å². The second kappa shape index (κ2) is 10.1. The van der Waals surface area contributed by atoms with Gasteiger partial charge in [-0.3, -0.25) is 4.98 Å². The molecule has 0 bridgehead atoms. The Morgan fingerprint density at radius 2 is 1.69 bits per heavy atom. The Balaban J connectivity index is 1.48. The number of nitrogens with zero attached hydrogens (tertiary/aromatic N) is 2.